The lowest BCUT2D eigenvalue weighted by Crippen LogP contribution is -2.47. The maximum absolute atomic E-state index is 13.8. The van der Waals surface area contributed by atoms with Gasteiger partial charge in [-0.1, -0.05) is 47.7 Å². The number of aryl methyl sites for hydroxylation is 1. The number of anilines is 2. The van der Waals surface area contributed by atoms with Crippen LogP contribution in [0.5, 0.6) is 0 Å². The zero-order valence-corrected chi connectivity index (χ0v) is 25.8. The van der Waals surface area contributed by atoms with Crippen LogP contribution in [-0.2, 0) is 16.1 Å². The number of aliphatic carboxylic acids is 1. The molecule has 1 N–H and O–H groups in total. The number of thioether (sulfide) groups is 1. The van der Waals surface area contributed by atoms with Crippen LogP contribution in [0.25, 0.3) is 11.7 Å². The lowest BCUT2D eigenvalue weighted by molar-refractivity contribution is -0.134. The summed E-state index contributed by atoms with van der Waals surface area (Å²) in [5.74, 6) is 0.108. The van der Waals surface area contributed by atoms with Crippen LogP contribution in [0.4, 0.5) is 11.5 Å². The van der Waals surface area contributed by atoms with Crippen molar-refractivity contribution in [3.05, 3.63) is 98.2 Å². The molecule has 1 amide bonds. The number of aromatic nitrogens is 2. The van der Waals surface area contributed by atoms with Gasteiger partial charge in [0.1, 0.15) is 21.5 Å². The highest BCUT2D eigenvalue weighted by Crippen LogP contribution is 2.35. The number of hydrogen-bond donors (Lipinski definition) is 1. The summed E-state index contributed by atoms with van der Waals surface area (Å²) in [6, 6.07) is 15.1. The SMILES string of the molecule is CC(=O)O.Cc1cccn2c(=O)c(/C=C3/SC(=S)N(Cc4ccco4)C3=O)c(N3CCN(c4cccc(Cl)c4)CC3)nc12. The molecule has 0 radical (unpaired) electrons. The predicted octanol–water partition coefficient (Wildman–Crippen LogP) is 5.07. The zero-order chi connectivity index (χ0) is 30.7. The summed E-state index contributed by atoms with van der Waals surface area (Å²) in [5.41, 5.74) is 2.69. The van der Waals surface area contributed by atoms with E-state index in [0.29, 0.717) is 50.1 Å². The molecule has 2 saturated heterocycles. The second-order valence-corrected chi connectivity index (χ2v) is 12.0. The monoisotopic (exact) mass is 637 g/mol. The summed E-state index contributed by atoms with van der Waals surface area (Å²) in [4.78, 5) is 47.4. The fourth-order valence-corrected chi connectivity index (χ4v) is 6.26. The first-order valence-corrected chi connectivity index (χ1v) is 15.0. The molecule has 2 aliphatic heterocycles. The molecule has 2 fully saturated rings. The first-order valence-electron chi connectivity index (χ1n) is 13.4. The molecule has 1 aromatic carbocycles. The molecule has 0 spiro atoms. The Labute approximate surface area is 262 Å². The smallest absolute Gasteiger partial charge is 0.300 e. The van der Waals surface area contributed by atoms with Gasteiger partial charge in [0.25, 0.3) is 17.4 Å². The van der Waals surface area contributed by atoms with E-state index >= 15 is 0 Å². The number of thiocarbonyl (C=S) groups is 1. The van der Waals surface area contributed by atoms with Crippen molar-refractivity contribution in [2.24, 2.45) is 0 Å². The Hall–Kier alpha value is -4.13. The molecule has 43 heavy (non-hydrogen) atoms. The molecule has 222 valence electrons. The standard InChI is InChI=1S/C28H24ClN5O3S2.C2H4O2/c1-18-5-3-9-33-24(18)30-25(32-12-10-31(11-13-32)20-7-2-6-19(29)15-20)22(26(33)35)16-23-27(36)34(28(38)39-23)17-21-8-4-14-37-21;1-2(3)4/h2-9,14-16H,10-13,17H2,1H3;1H3,(H,3,4)/b23-16+;. The van der Waals surface area contributed by atoms with Crippen LogP contribution in [0, 0.1) is 6.92 Å². The Bertz CT molecular complexity index is 1780. The minimum atomic E-state index is -0.833. The predicted molar refractivity (Wildman–Crippen MR) is 173 cm³/mol. The molecule has 13 heteroatoms. The quantitative estimate of drug-likeness (QED) is 0.235. The molecule has 0 atom stereocenters. The highest BCUT2D eigenvalue weighted by molar-refractivity contribution is 8.26. The van der Waals surface area contributed by atoms with E-state index in [1.165, 1.54) is 21.1 Å². The van der Waals surface area contributed by atoms with Crippen LogP contribution < -0.4 is 15.4 Å². The van der Waals surface area contributed by atoms with E-state index in [1.54, 1.807) is 30.7 Å². The number of carboxylic acids is 1. The topological polar surface area (TPSA) is 112 Å². The van der Waals surface area contributed by atoms with Gasteiger partial charge in [-0.05, 0) is 55.0 Å². The summed E-state index contributed by atoms with van der Waals surface area (Å²) < 4.78 is 7.36. The molecular weight excluding hydrogens is 610 g/mol. The molecule has 4 aromatic rings. The number of rotatable bonds is 5. The van der Waals surface area contributed by atoms with Crippen molar-refractivity contribution in [3.63, 3.8) is 0 Å². The van der Waals surface area contributed by atoms with Crippen molar-refractivity contribution in [3.8, 4) is 0 Å². The van der Waals surface area contributed by atoms with E-state index in [9.17, 15) is 9.59 Å². The average molecular weight is 638 g/mol. The molecule has 5 heterocycles. The lowest BCUT2D eigenvalue weighted by atomic mass is 10.2. The maximum atomic E-state index is 13.8. The van der Waals surface area contributed by atoms with E-state index in [2.05, 4.69) is 9.80 Å². The highest BCUT2D eigenvalue weighted by atomic mass is 35.5. The summed E-state index contributed by atoms with van der Waals surface area (Å²) >= 11 is 12.9. The summed E-state index contributed by atoms with van der Waals surface area (Å²) in [6.45, 7) is 6.03. The zero-order valence-electron chi connectivity index (χ0n) is 23.4. The minimum absolute atomic E-state index is 0.229. The third-order valence-electron chi connectivity index (χ3n) is 6.86. The van der Waals surface area contributed by atoms with Gasteiger partial charge < -0.3 is 19.3 Å². The van der Waals surface area contributed by atoms with Crippen molar-refractivity contribution < 1.29 is 19.1 Å². The summed E-state index contributed by atoms with van der Waals surface area (Å²) in [6.07, 6.45) is 4.91. The largest absolute Gasteiger partial charge is 0.481 e. The first-order chi connectivity index (χ1) is 20.6. The number of carboxylic acid groups (broad SMARTS) is 1. The van der Waals surface area contributed by atoms with Crippen molar-refractivity contribution in [2.45, 2.75) is 20.4 Å². The van der Waals surface area contributed by atoms with Gasteiger partial charge in [-0.3, -0.25) is 23.7 Å². The normalized spacial score (nSPS) is 16.2. The number of furan rings is 1. The van der Waals surface area contributed by atoms with E-state index < -0.39 is 5.97 Å². The number of halogens is 1. The fourth-order valence-electron chi connectivity index (χ4n) is 4.84. The first kappa shape index (κ1) is 30.3. The summed E-state index contributed by atoms with van der Waals surface area (Å²) in [5, 5.41) is 8.11. The van der Waals surface area contributed by atoms with Crippen LogP contribution in [-0.4, -0.2) is 61.8 Å². The van der Waals surface area contributed by atoms with E-state index in [0.717, 1.165) is 31.3 Å². The van der Waals surface area contributed by atoms with E-state index in [4.69, 9.17) is 43.1 Å². The van der Waals surface area contributed by atoms with E-state index in [-0.39, 0.29) is 18.0 Å². The number of carbonyl (C=O) groups excluding carboxylic acids is 1. The van der Waals surface area contributed by atoms with Gasteiger partial charge in [0, 0.05) is 50.0 Å². The minimum Gasteiger partial charge on any atom is -0.481 e. The molecule has 6 rings (SSSR count). The molecular formula is C30H28ClN5O5S2. The van der Waals surface area contributed by atoms with Gasteiger partial charge in [-0.2, -0.15) is 0 Å². The second kappa shape index (κ2) is 13.0. The Morgan fingerprint density at radius 1 is 1.12 bits per heavy atom. The molecule has 2 aliphatic rings. The molecule has 10 nitrogen and oxygen atoms in total. The second-order valence-electron chi connectivity index (χ2n) is 9.86. The molecule has 0 aliphatic carbocycles. The Balaban J connectivity index is 0.000000868. The van der Waals surface area contributed by atoms with Crippen molar-refractivity contribution >= 4 is 75.0 Å². The molecule has 3 aromatic heterocycles. The van der Waals surface area contributed by atoms with Gasteiger partial charge in [0.15, 0.2) is 0 Å². The van der Waals surface area contributed by atoms with Crippen LogP contribution in [0.2, 0.25) is 5.02 Å². The van der Waals surface area contributed by atoms with E-state index in [1.807, 2.05) is 43.3 Å². The van der Waals surface area contributed by atoms with Gasteiger partial charge in [0.2, 0.25) is 0 Å². The van der Waals surface area contributed by atoms with Crippen molar-refractivity contribution in [1.82, 2.24) is 14.3 Å². The maximum Gasteiger partial charge on any atom is 0.300 e. The molecule has 0 saturated carbocycles. The van der Waals surface area contributed by atoms with Gasteiger partial charge in [-0.25, -0.2) is 4.98 Å². The third-order valence-corrected chi connectivity index (χ3v) is 8.47. The van der Waals surface area contributed by atoms with Crippen molar-refractivity contribution in [2.75, 3.05) is 36.0 Å². The van der Waals surface area contributed by atoms with Crippen LogP contribution in [0.3, 0.4) is 0 Å². The Morgan fingerprint density at radius 3 is 2.51 bits per heavy atom. The Morgan fingerprint density at radius 2 is 1.84 bits per heavy atom. The number of pyridine rings is 1. The fraction of sp³-hybridized carbons (Fsp3) is 0.233. The Kier molecular flexibility index (Phi) is 9.19. The number of amides is 1. The molecule has 0 unspecified atom stereocenters. The van der Waals surface area contributed by atoms with Gasteiger partial charge in [0.05, 0.1) is 23.3 Å². The average Bonchev–Trinajstić information content (AvgIpc) is 3.58. The number of nitrogens with zero attached hydrogens (tertiary/aromatic N) is 5. The summed E-state index contributed by atoms with van der Waals surface area (Å²) in [7, 11) is 0. The number of piperazine rings is 1. The number of hydrogen-bond acceptors (Lipinski definition) is 9. The highest BCUT2D eigenvalue weighted by Gasteiger charge is 2.34. The number of benzene rings is 1. The van der Waals surface area contributed by atoms with Gasteiger partial charge >= 0.3 is 0 Å². The van der Waals surface area contributed by atoms with Crippen LogP contribution in [0.1, 0.15) is 23.8 Å². The van der Waals surface area contributed by atoms with Crippen molar-refractivity contribution in [1.29, 1.82) is 0 Å². The third kappa shape index (κ3) is 6.76. The van der Waals surface area contributed by atoms with Crippen LogP contribution in [0.15, 0.2) is 75.1 Å². The number of carbonyl (C=O) groups is 2. The number of fused-ring (bicyclic) bond motifs is 1. The van der Waals surface area contributed by atoms with Crippen LogP contribution >= 0.6 is 35.6 Å². The van der Waals surface area contributed by atoms with Gasteiger partial charge in [-0.15, -0.1) is 0 Å². The molecule has 0 bridgehead atoms. The lowest BCUT2D eigenvalue weighted by Gasteiger charge is -2.37.